The summed E-state index contributed by atoms with van der Waals surface area (Å²) in [7, 11) is -1.95. The number of carbonyl (C=O) groups excluding carboxylic acids is 1. The second-order valence-electron chi connectivity index (χ2n) is 8.10. The first-order valence-corrected chi connectivity index (χ1v) is 12.1. The van der Waals surface area contributed by atoms with Crippen molar-refractivity contribution in [2.24, 2.45) is 5.73 Å². The Morgan fingerprint density at radius 3 is 2.59 bits per heavy atom. The maximum atomic E-state index is 12.1. The second kappa shape index (κ2) is 8.46. The quantitative estimate of drug-likeness (QED) is 0.432. The van der Waals surface area contributed by atoms with Gasteiger partial charge < -0.3 is 24.4 Å². The summed E-state index contributed by atoms with van der Waals surface area (Å²) in [6, 6.07) is 5.05. The molecule has 0 fully saturated rings. The smallest absolute Gasteiger partial charge is 0.331 e. The van der Waals surface area contributed by atoms with Gasteiger partial charge in [-0.2, -0.15) is 0 Å². The van der Waals surface area contributed by atoms with Crippen molar-refractivity contribution < 1.29 is 23.4 Å². The Morgan fingerprint density at radius 2 is 1.96 bits per heavy atom. The van der Waals surface area contributed by atoms with Gasteiger partial charge in [-0.05, 0) is 48.3 Å². The molecule has 1 aliphatic rings. The zero-order valence-electron chi connectivity index (χ0n) is 17.1. The first kappa shape index (κ1) is 21.5. The van der Waals surface area contributed by atoms with Crippen LogP contribution in [-0.2, 0) is 14.0 Å². The van der Waals surface area contributed by atoms with Gasteiger partial charge in [0.2, 0.25) is 6.79 Å². The molecule has 2 N–H and O–H groups in total. The third kappa shape index (κ3) is 5.34. The predicted molar refractivity (Wildman–Crippen MR) is 108 cm³/mol. The first-order valence-electron chi connectivity index (χ1n) is 9.23. The third-order valence-corrected chi connectivity index (χ3v) is 9.60. The van der Waals surface area contributed by atoms with Crippen molar-refractivity contribution >= 4 is 19.9 Å². The number of hydrogen-bond acceptors (Lipinski definition) is 6. The summed E-state index contributed by atoms with van der Waals surface area (Å²) in [4.78, 5) is 12.1. The molecule has 1 atom stereocenters. The lowest BCUT2D eigenvalue weighted by Gasteiger charge is -2.37. The van der Waals surface area contributed by atoms with Crippen molar-refractivity contribution in [3.8, 4) is 11.5 Å². The van der Waals surface area contributed by atoms with Crippen LogP contribution in [0, 0.1) is 0 Å². The van der Waals surface area contributed by atoms with Crippen LogP contribution in [-0.4, -0.2) is 40.3 Å². The molecule has 1 aromatic rings. The molecular formula is C20H31NO5Si. The molecule has 6 nitrogen and oxygen atoms in total. The van der Waals surface area contributed by atoms with Crippen LogP contribution >= 0.6 is 0 Å². The van der Waals surface area contributed by atoms with Gasteiger partial charge >= 0.3 is 5.97 Å². The molecule has 1 aliphatic heterocycles. The van der Waals surface area contributed by atoms with E-state index in [1.807, 2.05) is 18.2 Å². The zero-order chi connectivity index (χ0) is 20.2. The first-order chi connectivity index (χ1) is 12.5. The molecule has 0 spiro atoms. The van der Waals surface area contributed by atoms with Crippen molar-refractivity contribution in [1.29, 1.82) is 0 Å². The topological polar surface area (TPSA) is 80.0 Å². The van der Waals surface area contributed by atoms with Gasteiger partial charge in [0.1, 0.15) is 0 Å². The molecule has 150 valence electrons. The predicted octanol–water partition coefficient (Wildman–Crippen LogP) is 3.71. The Labute approximate surface area is 162 Å². The molecule has 0 aliphatic carbocycles. The Bertz CT molecular complexity index is 709. The van der Waals surface area contributed by atoms with Crippen LogP contribution in [0.4, 0.5) is 0 Å². The monoisotopic (exact) mass is 393 g/mol. The number of fused-ring (bicyclic) bond motifs is 1. The lowest BCUT2D eigenvalue weighted by molar-refractivity contribution is -0.137. The molecule has 0 radical (unpaired) electrons. The number of rotatable bonds is 7. The average molecular weight is 394 g/mol. The molecule has 0 saturated heterocycles. The van der Waals surface area contributed by atoms with Gasteiger partial charge in [-0.25, -0.2) is 4.79 Å². The molecule has 1 aromatic carbocycles. The number of esters is 1. The van der Waals surface area contributed by atoms with Gasteiger partial charge in [0.05, 0.1) is 19.3 Å². The summed E-state index contributed by atoms with van der Waals surface area (Å²) in [5.74, 6) is 0.896. The summed E-state index contributed by atoms with van der Waals surface area (Å²) in [5.41, 5.74) is 7.89. The van der Waals surface area contributed by atoms with Crippen LogP contribution in [0.25, 0.3) is 5.57 Å². The van der Waals surface area contributed by atoms with E-state index >= 15 is 0 Å². The largest absolute Gasteiger partial charge is 0.463 e. The van der Waals surface area contributed by atoms with Crippen molar-refractivity contribution in [2.75, 3.05) is 20.0 Å². The minimum Gasteiger partial charge on any atom is -0.463 e. The molecule has 0 amide bonds. The summed E-state index contributed by atoms with van der Waals surface area (Å²) < 4.78 is 22.1. The van der Waals surface area contributed by atoms with E-state index in [2.05, 4.69) is 33.9 Å². The van der Waals surface area contributed by atoms with Crippen LogP contribution in [0.2, 0.25) is 18.1 Å². The highest BCUT2D eigenvalue weighted by molar-refractivity contribution is 6.74. The fraction of sp³-hybridized carbons (Fsp3) is 0.550. The maximum Gasteiger partial charge on any atom is 0.331 e. The molecule has 0 saturated carbocycles. The van der Waals surface area contributed by atoms with E-state index in [0.717, 1.165) is 5.56 Å². The average Bonchev–Trinajstić information content (AvgIpc) is 3.04. The van der Waals surface area contributed by atoms with E-state index in [4.69, 9.17) is 24.4 Å². The van der Waals surface area contributed by atoms with Crippen LogP contribution in [0.5, 0.6) is 11.5 Å². The number of nitrogens with two attached hydrogens (primary N) is 1. The fourth-order valence-corrected chi connectivity index (χ4v) is 3.43. The SMILES string of the molecule is CCOC(=O)/C=C(\c1ccc2c(c1)OCO2)[C@@H](N)CO[Si](C)(C)C(C)(C)C. The highest BCUT2D eigenvalue weighted by Gasteiger charge is 2.37. The highest BCUT2D eigenvalue weighted by atomic mass is 28.4. The van der Waals surface area contributed by atoms with Gasteiger partial charge in [-0.3, -0.25) is 0 Å². The van der Waals surface area contributed by atoms with Gasteiger partial charge in [0.25, 0.3) is 0 Å². The molecule has 0 unspecified atom stereocenters. The lowest BCUT2D eigenvalue weighted by Crippen LogP contribution is -2.44. The normalized spacial score (nSPS) is 15.6. The zero-order valence-corrected chi connectivity index (χ0v) is 18.1. The van der Waals surface area contributed by atoms with Gasteiger partial charge in [0.15, 0.2) is 19.8 Å². The Balaban J connectivity index is 2.26. The van der Waals surface area contributed by atoms with Crippen LogP contribution < -0.4 is 15.2 Å². The summed E-state index contributed by atoms with van der Waals surface area (Å²) in [6.45, 7) is 13.5. The van der Waals surface area contributed by atoms with Crippen molar-refractivity contribution in [1.82, 2.24) is 0 Å². The molecule has 27 heavy (non-hydrogen) atoms. The number of benzene rings is 1. The lowest BCUT2D eigenvalue weighted by atomic mass is 9.98. The summed E-state index contributed by atoms with van der Waals surface area (Å²) in [5, 5.41) is 0.0798. The fourth-order valence-electron chi connectivity index (χ4n) is 2.40. The van der Waals surface area contributed by atoms with E-state index in [1.165, 1.54) is 6.08 Å². The molecule has 2 rings (SSSR count). The highest BCUT2D eigenvalue weighted by Crippen LogP contribution is 2.38. The Kier molecular flexibility index (Phi) is 6.72. The maximum absolute atomic E-state index is 12.1. The van der Waals surface area contributed by atoms with Crippen LogP contribution in [0.15, 0.2) is 24.3 Å². The minimum atomic E-state index is -1.95. The number of hydrogen-bond donors (Lipinski definition) is 1. The van der Waals surface area contributed by atoms with Crippen LogP contribution in [0.1, 0.15) is 33.3 Å². The van der Waals surface area contributed by atoms with Gasteiger partial charge in [0, 0.05) is 6.08 Å². The van der Waals surface area contributed by atoms with Gasteiger partial charge in [-0.1, -0.05) is 26.8 Å². The summed E-state index contributed by atoms with van der Waals surface area (Å²) >= 11 is 0. The van der Waals surface area contributed by atoms with Crippen molar-refractivity contribution in [3.05, 3.63) is 29.8 Å². The van der Waals surface area contributed by atoms with E-state index < -0.39 is 20.3 Å². The molecular weight excluding hydrogens is 362 g/mol. The van der Waals surface area contributed by atoms with E-state index in [1.54, 1.807) is 6.92 Å². The van der Waals surface area contributed by atoms with Crippen molar-refractivity contribution in [2.45, 2.75) is 51.9 Å². The van der Waals surface area contributed by atoms with Crippen molar-refractivity contribution in [3.63, 3.8) is 0 Å². The minimum absolute atomic E-state index is 0.0798. The number of carbonyl (C=O) groups is 1. The third-order valence-electron chi connectivity index (χ3n) is 5.10. The Hall–Kier alpha value is -1.83. The molecule has 0 bridgehead atoms. The molecule has 7 heteroatoms. The van der Waals surface area contributed by atoms with E-state index in [9.17, 15) is 4.79 Å². The molecule has 1 heterocycles. The number of ether oxygens (including phenoxy) is 3. The second-order valence-corrected chi connectivity index (χ2v) is 12.9. The summed E-state index contributed by atoms with van der Waals surface area (Å²) in [6.07, 6.45) is 1.45. The Morgan fingerprint density at radius 1 is 1.30 bits per heavy atom. The standard InChI is InChI=1S/C20H31NO5Si/c1-7-23-19(22)11-15(14-8-9-17-18(10-14)25-13-24-17)16(21)12-26-27(5,6)20(2,3)4/h8-11,16H,7,12-13,21H2,1-6H3/b15-11+/t16-/m0/s1. The van der Waals surface area contributed by atoms with Crippen LogP contribution in [0.3, 0.4) is 0 Å². The van der Waals surface area contributed by atoms with E-state index in [-0.39, 0.29) is 11.8 Å². The van der Waals surface area contributed by atoms with Gasteiger partial charge in [-0.15, -0.1) is 0 Å². The van der Waals surface area contributed by atoms with E-state index in [0.29, 0.717) is 30.3 Å². The molecule has 0 aromatic heterocycles.